The predicted octanol–water partition coefficient (Wildman–Crippen LogP) is 11.5. The van der Waals surface area contributed by atoms with Crippen LogP contribution in [0.5, 0.6) is 0 Å². The van der Waals surface area contributed by atoms with Gasteiger partial charge in [-0.2, -0.15) is 0 Å². The smallest absolute Gasteiger partial charge is 0.186 e. The van der Waals surface area contributed by atoms with E-state index in [2.05, 4.69) is 156 Å². The lowest BCUT2D eigenvalue weighted by Crippen LogP contribution is -2.89. The minimum atomic E-state index is 0.0283. The van der Waals surface area contributed by atoms with Gasteiger partial charge in [-0.25, -0.2) is 0 Å². The molecule has 0 bridgehead atoms. The van der Waals surface area contributed by atoms with E-state index in [-0.39, 0.29) is 12.2 Å². The second kappa shape index (κ2) is 11.2. The van der Waals surface area contributed by atoms with Gasteiger partial charge >= 0.3 is 0 Å². The lowest BCUT2D eigenvalue weighted by Gasteiger charge is -2.30. The quantitative estimate of drug-likeness (QED) is 0.195. The maximum Gasteiger partial charge on any atom is 0.186 e. The topological polar surface area (TPSA) is 54.9 Å². The molecule has 0 spiro atoms. The molecule has 1 aliphatic heterocycles. The number of nitrogens with two attached hydrogens (primary N) is 1. The number of hydrogen-bond donors (Lipinski definition) is 2. The predicted molar refractivity (Wildman–Crippen MR) is 211 cm³/mol. The van der Waals surface area contributed by atoms with E-state index in [4.69, 9.17) is 8.83 Å². The Labute approximate surface area is 297 Å². The molecule has 7 aromatic carbocycles. The van der Waals surface area contributed by atoms with Gasteiger partial charge in [0.1, 0.15) is 28.4 Å². The van der Waals surface area contributed by atoms with Crippen molar-refractivity contribution in [3.05, 3.63) is 174 Å². The van der Waals surface area contributed by atoms with Crippen LogP contribution >= 0.6 is 11.3 Å². The summed E-state index contributed by atoms with van der Waals surface area (Å²) in [7, 11) is 0. The molecule has 10 aromatic rings. The summed E-state index contributed by atoms with van der Waals surface area (Å²) in [6, 6.07) is 54.1. The molecule has 5 heteroatoms. The first-order valence-corrected chi connectivity index (χ1v) is 18.2. The lowest BCUT2D eigenvalue weighted by molar-refractivity contribution is -0.731. The summed E-state index contributed by atoms with van der Waals surface area (Å²) in [4.78, 5) is 0. The Morgan fingerprint density at radius 2 is 1.14 bits per heavy atom. The highest BCUT2D eigenvalue weighted by molar-refractivity contribution is 7.25. The average Bonchev–Trinajstić information content (AvgIpc) is 3.89. The summed E-state index contributed by atoms with van der Waals surface area (Å²) in [5.41, 5.74) is 10.4. The van der Waals surface area contributed by atoms with Crippen LogP contribution < -0.4 is 10.6 Å². The number of benzene rings is 7. The van der Waals surface area contributed by atoms with Crippen LogP contribution in [-0.4, -0.2) is 0 Å². The van der Waals surface area contributed by atoms with Crippen molar-refractivity contribution in [2.45, 2.75) is 12.2 Å². The molecular weight excluding hydrogens is 645 g/mol. The highest BCUT2D eigenvalue weighted by atomic mass is 32.1. The molecule has 0 radical (unpaired) electrons. The Kier molecular flexibility index (Phi) is 6.29. The Morgan fingerprint density at radius 1 is 0.490 bits per heavy atom. The minimum Gasteiger partial charge on any atom is -0.455 e. The van der Waals surface area contributed by atoms with Crippen LogP contribution in [0.25, 0.3) is 80.9 Å². The molecule has 11 rings (SSSR count). The first kappa shape index (κ1) is 28.7. The average molecular weight is 676 g/mol. The summed E-state index contributed by atoms with van der Waals surface area (Å²) < 4.78 is 15.9. The van der Waals surface area contributed by atoms with Crippen molar-refractivity contribution in [2.24, 2.45) is 0 Å². The van der Waals surface area contributed by atoms with E-state index < -0.39 is 0 Å². The number of quaternary nitrogens is 1. The Morgan fingerprint density at radius 3 is 1.96 bits per heavy atom. The number of furan rings is 2. The van der Waals surface area contributed by atoms with Crippen molar-refractivity contribution in [3.63, 3.8) is 0 Å². The third-order valence-corrected chi connectivity index (χ3v) is 11.7. The van der Waals surface area contributed by atoms with Gasteiger partial charge in [0, 0.05) is 75.7 Å². The molecule has 242 valence electrons. The maximum atomic E-state index is 6.80. The molecule has 3 aromatic heterocycles. The number of thiophene rings is 1. The standard InChI is InChI=1S/C46H30N2O2S/c1-2-10-27(11-3-1)38-26-39(48-46(47-38)29-21-23-43-37(24-29)32-13-5-7-19-42(32)51-43)28-20-22-31-34-15-9-17-36(45(34)50-41(31)25-28)35-16-8-14-33-30-12-4-6-18-40(30)49-44(33)35/h1-26,39,46-48H/p+1. The normalized spacial score (nSPS) is 16.4. The van der Waals surface area contributed by atoms with Gasteiger partial charge in [0.05, 0.1) is 0 Å². The number of para-hydroxylation sites is 3. The second-order valence-corrected chi connectivity index (χ2v) is 14.5. The summed E-state index contributed by atoms with van der Waals surface area (Å²) >= 11 is 1.86. The van der Waals surface area contributed by atoms with Crippen LogP contribution in [0.2, 0.25) is 0 Å². The summed E-state index contributed by atoms with van der Waals surface area (Å²) in [5, 5.41) is 13.4. The molecule has 2 atom stereocenters. The summed E-state index contributed by atoms with van der Waals surface area (Å²) in [5.74, 6) is 0. The zero-order chi connectivity index (χ0) is 33.5. The fourth-order valence-corrected chi connectivity index (χ4v) is 9.12. The Hall–Kier alpha value is -6.14. The molecule has 4 heterocycles. The van der Waals surface area contributed by atoms with Crippen LogP contribution in [0, 0.1) is 0 Å². The molecule has 0 fully saturated rings. The van der Waals surface area contributed by atoms with Gasteiger partial charge in [-0.05, 0) is 48.0 Å². The van der Waals surface area contributed by atoms with Gasteiger partial charge < -0.3 is 19.5 Å². The first-order chi connectivity index (χ1) is 25.2. The van der Waals surface area contributed by atoms with Crippen LogP contribution in [-0.2, 0) is 0 Å². The zero-order valence-corrected chi connectivity index (χ0v) is 28.3. The molecule has 0 saturated carbocycles. The van der Waals surface area contributed by atoms with Gasteiger partial charge in [0.2, 0.25) is 0 Å². The third kappa shape index (κ3) is 4.56. The molecular formula is C46H31N2O2S+. The fourth-order valence-electron chi connectivity index (χ4n) is 8.04. The number of fused-ring (bicyclic) bond motifs is 9. The van der Waals surface area contributed by atoms with Crippen LogP contribution in [0.15, 0.2) is 167 Å². The number of hydrogen-bond acceptors (Lipinski definition) is 4. The van der Waals surface area contributed by atoms with E-state index in [0.717, 1.165) is 60.7 Å². The highest BCUT2D eigenvalue weighted by Crippen LogP contribution is 2.42. The second-order valence-electron chi connectivity index (χ2n) is 13.5. The van der Waals surface area contributed by atoms with Crippen LogP contribution in [0.4, 0.5) is 0 Å². The van der Waals surface area contributed by atoms with E-state index in [1.807, 2.05) is 23.5 Å². The first-order valence-electron chi connectivity index (χ1n) is 17.4. The molecule has 0 saturated heterocycles. The van der Waals surface area contributed by atoms with Gasteiger partial charge in [-0.3, -0.25) is 0 Å². The van der Waals surface area contributed by atoms with Gasteiger partial charge in [0.15, 0.2) is 6.17 Å². The van der Waals surface area contributed by atoms with Crippen molar-refractivity contribution >= 4 is 81.1 Å². The summed E-state index contributed by atoms with van der Waals surface area (Å²) in [6.07, 6.45) is 2.38. The largest absolute Gasteiger partial charge is 0.455 e. The lowest BCUT2D eigenvalue weighted by atomic mass is 9.96. The molecule has 4 nitrogen and oxygen atoms in total. The number of rotatable bonds is 4. The van der Waals surface area contributed by atoms with Gasteiger partial charge in [-0.15, -0.1) is 11.3 Å². The van der Waals surface area contributed by atoms with Gasteiger partial charge in [-0.1, -0.05) is 109 Å². The summed E-state index contributed by atoms with van der Waals surface area (Å²) in [6.45, 7) is 0. The van der Waals surface area contributed by atoms with Crippen molar-refractivity contribution < 1.29 is 14.2 Å². The third-order valence-electron chi connectivity index (χ3n) is 10.5. The Balaban J connectivity index is 1.03. The molecule has 51 heavy (non-hydrogen) atoms. The number of nitrogens with one attached hydrogen (secondary N) is 1. The van der Waals surface area contributed by atoms with Crippen molar-refractivity contribution in [1.82, 2.24) is 5.32 Å². The zero-order valence-electron chi connectivity index (χ0n) is 27.5. The van der Waals surface area contributed by atoms with Gasteiger partial charge in [0.25, 0.3) is 0 Å². The van der Waals surface area contributed by atoms with E-state index in [1.54, 1.807) is 0 Å². The van der Waals surface area contributed by atoms with Crippen molar-refractivity contribution in [3.8, 4) is 11.1 Å². The monoisotopic (exact) mass is 675 g/mol. The van der Waals surface area contributed by atoms with E-state index in [1.165, 1.54) is 36.9 Å². The maximum absolute atomic E-state index is 6.80. The van der Waals surface area contributed by atoms with Crippen LogP contribution in [0.3, 0.4) is 0 Å². The highest BCUT2D eigenvalue weighted by Gasteiger charge is 2.29. The molecule has 1 aliphatic rings. The molecule has 0 aliphatic carbocycles. The Bertz CT molecular complexity index is 3000. The minimum absolute atomic E-state index is 0.0283. The van der Waals surface area contributed by atoms with E-state index in [0.29, 0.717) is 0 Å². The van der Waals surface area contributed by atoms with Crippen molar-refractivity contribution in [2.75, 3.05) is 0 Å². The van der Waals surface area contributed by atoms with E-state index in [9.17, 15) is 0 Å². The van der Waals surface area contributed by atoms with E-state index >= 15 is 0 Å². The fraction of sp³-hybridized carbons (Fsp3) is 0.0435. The molecule has 2 unspecified atom stereocenters. The molecule has 0 amide bonds. The SMILES string of the molecule is C1=C(c2ccccc2)NC(c2ccc3sc4ccccc4c3c2)[NH2+]C1c1ccc2c(c1)oc1c(-c3cccc4c3oc3ccccc34)cccc12. The molecule has 3 N–H and O–H groups in total. The van der Waals surface area contributed by atoms with Crippen LogP contribution in [0.1, 0.15) is 28.9 Å². The van der Waals surface area contributed by atoms with Crippen molar-refractivity contribution in [1.29, 1.82) is 0 Å².